The quantitative estimate of drug-likeness (QED) is 0.385. The van der Waals surface area contributed by atoms with Crippen LogP contribution in [0.15, 0.2) is 66.7 Å². The van der Waals surface area contributed by atoms with Gasteiger partial charge in [-0.15, -0.1) is 0 Å². The zero-order valence-electron chi connectivity index (χ0n) is 23.3. The number of hydrogen-bond donors (Lipinski definition) is 1. The third-order valence-corrected chi connectivity index (χ3v) is 8.25. The van der Waals surface area contributed by atoms with E-state index in [1.165, 1.54) is 5.39 Å². The number of rotatable bonds is 7. The van der Waals surface area contributed by atoms with Gasteiger partial charge in [0.25, 0.3) is 0 Å². The number of methoxy groups -OCH3 is 1. The second-order valence-electron chi connectivity index (χ2n) is 10.8. The molecule has 0 spiro atoms. The van der Waals surface area contributed by atoms with Crippen molar-refractivity contribution in [2.75, 3.05) is 51.3 Å². The van der Waals surface area contributed by atoms with Crippen molar-refractivity contribution < 1.29 is 14.6 Å². The molecule has 1 amide bonds. The number of amides is 1. The van der Waals surface area contributed by atoms with Crippen LogP contribution in [0.1, 0.15) is 18.2 Å². The minimum atomic E-state index is -0.544. The van der Waals surface area contributed by atoms with E-state index in [4.69, 9.17) is 9.84 Å². The van der Waals surface area contributed by atoms with Crippen LogP contribution >= 0.6 is 0 Å². The number of ether oxygens (including phenoxy) is 1. The Morgan fingerprint density at radius 2 is 1.70 bits per heavy atom. The molecule has 0 radical (unpaired) electrons. The Morgan fingerprint density at radius 1 is 0.950 bits per heavy atom. The molecular formula is C32H37N5O3. The summed E-state index contributed by atoms with van der Waals surface area (Å²) in [5.74, 6) is 0.972. The first-order chi connectivity index (χ1) is 19.5. The largest absolute Gasteiger partial charge is 0.495 e. The fourth-order valence-electron chi connectivity index (χ4n) is 6.10. The monoisotopic (exact) mass is 539 g/mol. The van der Waals surface area contributed by atoms with E-state index in [0.717, 1.165) is 71.9 Å². The van der Waals surface area contributed by atoms with Crippen LogP contribution in [0.2, 0.25) is 0 Å². The van der Waals surface area contributed by atoms with Gasteiger partial charge in [0, 0.05) is 76.0 Å². The Labute approximate surface area is 235 Å². The normalized spacial score (nSPS) is 16.7. The van der Waals surface area contributed by atoms with E-state index in [1.54, 1.807) is 14.0 Å². The fourth-order valence-corrected chi connectivity index (χ4v) is 6.10. The van der Waals surface area contributed by atoms with E-state index in [2.05, 4.69) is 46.2 Å². The van der Waals surface area contributed by atoms with Crippen molar-refractivity contribution in [2.24, 2.45) is 0 Å². The minimum absolute atomic E-state index is 0.0789. The van der Waals surface area contributed by atoms with Crippen molar-refractivity contribution in [1.29, 1.82) is 0 Å². The summed E-state index contributed by atoms with van der Waals surface area (Å²) in [5.41, 5.74) is 5.29. The average Bonchev–Trinajstić information content (AvgIpc) is 3.34. The van der Waals surface area contributed by atoms with Gasteiger partial charge in [-0.25, -0.2) is 0 Å². The van der Waals surface area contributed by atoms with Crippen molar-refractivity contribution in [1.82, 2.24) is 19.6 Å². The van der Waals surface area contributed by atoms with Crippen LogP contribution in [0.5, 0.6) is 5.75 Å². The van der Waals surface area contributed by atoms with Gasteiger partial charge in [0.15, 0.2) is 0 Å². The molecule has 8 heteroatoms. The third kappa shape index (κ3) is 5.29. The Bertz CT molecular complexity index is 1510. The van der Waals surface area contributed by atoms with Gasteiger partial charge in [0.05, 0.1) is 31.1 Å². The number of aromatic nitrogens is 2. The molecule has 2 aliphatic heterocycles. The number of nitrogens with zero attached hydrogens (tertiary/aromatic N) is 5. The summed E-state index contributed by atoms with van der Waals surface area (Å²) in [4.78, 5) is 18.8. The predicted octanol–water partition coefficient (Wildman–Crippen LogP) is 3.80. The van der Waals surface area contributed by atoms with Gasteiger partial charge in [0.2, 0.25) is 5.91 Å². The molecule has 8 nitrogen and oxygen atoms in total. The molecule has 6 rings (SSSR count). The van der Waals surface area contributed by atoms with E-state index in [9.17, 15) is 9.90 Å². The van der Waals surface area contributed by atoms with Gasteiger partial charge < -0.3 is 19.6 Å². The highest BCUT2D eigenvalue weighted by atomic mass is 16.5. The summed E-state index contributed by atoms with van der Waals surface area (Å²) < 4.78 is 7.54. The Kier molecular flexibility index (Phi) is 7.45. The molecule has 1 fully saturated rings. The lowest BCUT2D eigenvalue weighted by Gasteiger charge is -2.37. The van der Waals surface area contributed by atoms with E-state index in [1.807, 2.05) is 39.9 Å². The summed E-state index contributed by atoms with van der Waals surface area (Å²) in [6, 6.07) is 22.9. The maximum Gasteiger partial charge on any atom is 0.219 e. The van der Waals surface area contributed by atoms with Gasteiger partial charge in [-0.05, 0) is 29.0 Å². The third-order valence-electron chi connectivity index (χ3n) is 8.25. The second kappa shape index (κ2) is 11.3. The van der Waals surface area contributed by atoms with Crippen molar-refractivity contribution in [3.63, 3.8) is 0 Å². The number of piperazine rings is 1. The van der Waals surface area contributed by atoms with E-state index < -0.39 is 6.10 Å². The molecular weight excluding hydrogens is 502 g/mol. The first kappa shape index (κ1) is 26.3. The van der Waals surface area contributed by atoms with Gasteiger partial charge in [-0.2, -0.15) is 5.10 Å². The highest BCUT2D eigenvalue weighted by Crippen LogP contribution is 2.32. The van der Waals surface area contributed by atoms with Crippen LogP contribution in [0.25, 0.3) is 22.0 Å². The van der Waals surface area contributed by atoms with Gasteiger partial charge in [0.1, 0.15) is 5.75 Å². The topological polar surface area (TPSA) is 74.1 Å². The number of para-hydroxylation sites is 2. The molecule has 3 aromatic carbocycles. The molecule has 40 heavy (non-hydrogen) atoms. The van der Waals surface area contributed by atoms with Gasteiger partial charge in [-0.3, -0.25) is 14.4 Å². The number of benzene rings is 3. The van der Waals surface area contributed by atoms with Crippen LogP contribution in [0.3, 0.4) is 0 Å². The summed E-state index contributed by atoms with van der Waals surface area (Å²) in [6.07, 6.45) is 0.192. The van der Waals surface area contributed by atoms with Gasteiger partial charge >= 0.3 is 0 Å². The lowest BCUT2D eigenvalue weighted by molar-refractivity contribution is -0.129. The molecule has 0 saturated carbocycles. The predicted molar refractivity (Wildman–Crippen MR) is 158 cm³/mol. The number of carbonyl (C=O) groups is 1. The number of aliphatic hydroxyl groups excluding tert-OH is 1. The zero-order chi connectivity index (χ0) is 27.6. The SMILES string of the molecule is COc1ccccc1N1CCN(CC(O)Cn2nc(-c3ccc4ccccc4c3)c3c2CCN(C(C)=O)C3)CC1. The number of fused-ring (bicyclic) bond motifs is 2. The maximum absolute atomic E-state index is 12.2. The van der Waals surface area contributed by atoms with Crippen molar-refractivity contribution in [3.8, 4) is 17.0 Å². The highest BCUT2D eigenvalue weighted by molar-refractivity contribution is 5.87. The first-order valence-electron chi connectivity index (χ1n) is 14.1. The van der Waals surface area contributed by atoms with Crippen LogP contribution in [0, 0.1) is 0 Å². The van der Waals surface area contributed by atoms with Crippen molar-refractivity contribution in [2.45, 2.75) is 32.5 Å². The molecule has 2 aliphatic rings. The van der Waals surface area contributed by atoms with Gasteiger partial charge in [-0.1, -0.05) is 48.5 Å². The standard InChI is InChI=1S/C32H37N5O3/c1-23(38)36-14-13-29-28(22-36)32(26-12-11-24-7-3-4-8-25(24)19-26)33-37(29)21-27(39)20-34-15-17-35(18-16-34)30-9-5-6-10-31(30)40-2/h3-12,19,27,39H,13-18,20-22H2,1-2H3. The summed E-state index contributed by atoms with van der Waals surface area (Å²) in [6.45, 7) is 7.41. The first-order valence-corrected chi connectivity index (χ1v) is 14.1. The molecule has 4 aromatic rings. The molecule has 0 aliphatic carbocycles. The maximum atomic E-state index is 12.2. The smallest absolute Gasteiger partial charge is 0.219 e. The molecule has 208 valence electrons. The molecule has 1 N–H and O–H groups in total. The fraction of sp³-hybridized carbons (Fsp3) is 0.375. The number of anilines is 1. The number of hydrogen-bond acceptors (Lipinski definition) is 6. The number of β-amino-alcohol motifs (C(OH)–C–C–N with tert-alkyl or cyclic N) is 1. The lowest BCUT2D eigenvalue weighted by Crippen LogP contribution is -2.49. The molecule has 1 saturated heterocycles. The van der Waals surface area contributed by atoms with E-state index in [-0.39, 0.29) is 5.91 Å². The van der Waals surface area contributed by atoms with Crippen molar-refractivity contribution >= 4 is 22.4 Å². The number of aliphatic hydroxyl groups is 1. The van der Waals surface area contributed by atoms with Crippen LogP contribution in [-0.2, 0) is 24.3 Å². The van der Waals surface area contributed by atoms with Crippen LogP contribution in [0.4, 0.5) is 5.69 Å². The second-order valence-corrected chi connectivity index (χ2v) is 10.8. The molecule has 1 aromatic heterocycles. The van der Waals surface area contributed by atoms with E-state index in [0.29, 0.717) is 26.2 Å². The molecule has 0 bridgehead atoms. The Morgan fingerprint density at radius 3 is 2.48 bits per heavy atom. The minimum Gasteiger partial charge on any atom is -0.495 e. The molecule has 3 heterocycles. The van der Waals surface area contributed by atoms with Crippen LogP contribution < -0.4 is 9.64 Å². The zero-order valence-corrected chi connectivity index (χ0v) is 23.3. The molecule has 1 atom stereocenters. The molecule has 1 unspecified atom stereocenters. The lowest BCUT2D eigenvalue weighted by atomic mass is 9.98. The highest BCUT2D eigenvalue weighted by Gasteiger charge is 2.28. The summed E-state index contributed by atoms with van der Waals surface area (Å²) in [5, 5.41) is 18.6. The van der Waals surface area contributed by atoms with Crippen molar-refractivity contribution in [3.05, 3.63) is 78.0 Å². The Hall–Kier alpha value is -3.88. The average molecular weight is 540 g/mol. The van der Waals surface area contributed by atoms with E-state index >= 15 is 0 Å². The Balaban J connectivity index is 1.18. The van der Waals surface area contributed by atoms with Crippen LogP contribution in [-0.4, -0.2) is 83.1 Å². The summed E-state index contributed by atoms with van der Waals surface area (Å²) >= 11 is 0. The number of carbonyl (C=O) groups excluding carboxylic acids is 1. The summed E-state index contributed by atoms with van der Waals surface area (Å²) in [7, 11) is 1.71.